The molecule has 1 fully saturated rings. The average Bonchev–Trinajstić information content (AvgIpc) is 2.98. The highest BCUT2D eigenvalue weighted by Gasteiger charge is 2.69. The number of hydrogen-bond donors (Lipinski definition) is 0. The van der Waals surface area contributed by atoms with Gasteiger partial charge in [0, 0.05) is 0 Å². The summed E-state index contributed by atoms with van der Waals surface area (Å²) in [6.45, 7) is 4.31. The maximum atomic E-state index is 13.4. The van der Waals surface area contributed by atoms with E-state index in [1.165, 1.54) is 11.3 Å². The van der Waals surface area contributed by atoms with E-state index in [1.807, 2.05) is 55.5 Å². The lowest BCUT2D eigenvalue weighted by molar-refractivity contribution is -0.122. The molecule has 1 amide bonds. The summed E-state index contributed by atoms with van der Waals surface area (Å²) >= 11 is 14.0. The molecule has 7 heteroatoms. The smallest absolute Gasteiger partial charge is 0.242 e. The number of thiazole rings is 1. The normalized spacial score (nSPS) is 20.4. The van der Waals surface area contributed by atoms with E-state index >= 15 is 0 Å². The average molecular weight is 421 g/mol. The summed E-state index contributed by atoms with van der Waals surface area (Å²) in [6, 6.07) is 15.2. The molecule has 0 N–H and O–H groups in total. The Morgan fingerprint density at radius 3 is 2.48 bits per heavy atom. The number of amides is 1. The summed E-state index contributed by atoms with van der Waals surface area (Å²) in [5.74, 6) is 0.593. The molecule has 1 atom stereocenters. The number of ether oxygens (including phenoxy) is 1. The third kappa shape index (κ3) is 3.18. The van der Waals surface area contributed by atoms with Gasteiger partial charge in [-0.2, -0.15) is 0 Å². The minimum absolute atomic E-state index is 0.157. The summed E-state index contributed by atoms with van der Waals surface area (Å²) < 4.78 is 5.47. The van der Waals surface area contributed by atoms with Gasteiger partial charge in [-0.3, -0.25) is 9.69 Å². The molecule has 0 radical (unpaired) electrons. The van der Waals surface area contributed by atoms with Gasteiger partial charge in [-0.05, 0) is 56.7 Å². The van der Waals surface area contributed by atoms with Crippen LogP contribution in [0.5, 0.6) is 5.75 Å². The first-order valence-electron chi connectivity index (χ1n) is 8.66. The number of benzene rings is 2. The number of fused-ring (bicyclic) bond motifs is 1. The fourth-order valence-corrected chi connectivity index (χ4v) is 4.69. The van der Waals surface area contributed by atoms with Gasteiger partial charge in [0.05, 0.1) is 27.9 Å². The Balaban J connectivity index is 1.78. The Hall–Kier alpha value is -1.82. The first kappa shape index (κ1) is 18.5. The highest BCUT2D eigenvalue weighted by Crippen LogP contribution is 2.65. The minimum Gasteiger partial charge on any atom is -0.494 e. The molecule has 1 aliphatic rings. The number of nitrogens with zero attached hydrogens (tertiary/aromatic N) is 2. The Kier molecular flexibility index (Phi) is 4.57. The van der Waals surface area contributed by atoms with Crippen LogP contribution in [0.2, 0.25) is 0 Å². The minimum atomic E-state index is -1.05. The SMILES string of the molecule is CCOc1ccc(N(C(=O)C2(C)CC2(Cl)Cl)c2nc3ccccc3s2)cc1. The molecule has 1 saturated carbocycles. The first-order valence-corrected chi connectivity index (χ1v) is 10.2. The van der Waals surface area contributed by atoms with E-state index in [-0.39, 0.29) is 5.91 Å². The Labute approximate surface area is 171 Å². The highest BCUT2D eigenvalue weighted by molar-refractivity contribution is 7.22. The molecule has 1 aliphatic carbocycles. The molecule has 27 heavy (non-hydrogen) atoms. The van der Waals surface area contributed by atoms with Crippen LogP contribution in [-0.4, -0.2) is 21.8 Å². The van der Waals surface area contributed by atoms with E-state index in [4.69, 9.17) is 27.9 Å². The second-order valence-electron chi connectivity index (χ2n) is 6.74. The molecule has 0 saturated heterocycles. The standard InChI is InChI=1S/C20H18Cl2N2O2S/c1-3-26-14-10-8-13(9-11-14)24(17(25)19(2)12-20(19,21)22)18-23-15-6-4-5-7-16(15)27-18/h4-11H,3,12H2,1-2H3. The largest absolute Gasteiger partial charge is 0.494 e. The molecule has 1 heterocycles. The predicted molar refractivity (Wildman–Crippen MR) is 112 cm³/mol. The van der Waals surface area contributed by atoms with E-state index < -0.39 is 9.75 Å². The molecule has 2 aromatic carbocycles. The fourth-order valence-electron chi connectivity index (χ4n) is 3.01. The van der Waals surface area contributed by atoms with Gasteiger partial charge < -0.3 is 4.74 Å². The van der Waals surface area contributed by atoms with Crippen molar-refractivity contribution in [3.63, 3.8) is 0 Å². The predicted octanol–water partition coefficient (Wildman–Crippen LogP) is 5.94. The topological polar surface area (TPSA) is 42.4 Å². The summed E-state index contributed by atoms with van der Waals surface area (Å²) in [5, 5.41) is 0.600. The molecule has 4 nitrogen and oxygen atoms in total. The summed E-state index contributed by atoms with van der Waals surface area (Å²) in [4.78, 5) is 19.7. The van der Waals surface area contributed by atoms with Gasteiger partial charge in [0.15, 0.2) is 5.13 Å². The number of carbonyl (C=O) groups excluding carboxylic acids is 1. The van der Waals surface area contributed by atoms with Gasteiger partial charge in [-0.1, -0.05) is 23.5 Å². The number of aromatic nitrogens is 1. The van der Waals surface area contributed by atoms with Crippen LogP contribution in [0.3, 0.4) is 0 Å². The highest BCUT2D eigenvalue weighted by atomic mass is 35.5. The van der Waals surface area contributed by atoms with Crippen molar-refractivity contribution in [3.8, 4) is 5.75 Å². The molecular weight excluding hydrogens is 403 g/mol. The second kappa shape index (κ2) is 6.66. The first-order chi connectivity index (χ1) is 12.9. The van der Waals surface area contributed by atoms with Gasteiger partial charge >= 0.3 is 0 Å². The Morgan fingerprint density at radius 1 is 1.22 bits per heavy atom. The third-order valence-corrected chi connectivity index (χ3v) is 6.94. The van der Waals surface area contributed by atoms with Crippen molar-refractivity contribution in [3.05, 3.63) is 48.5 Å². The zero-order valence-corrected chi connectivity index (χ0v) is 17.2. The van der Waals surface area contributed by atoms with Crippen molar-refractivity contribution in [2.75, 3.05) is 11.5 Å². The number of carbonyl (C=O) groups is 1. The van der Waals surface area contributed by atoms with E-state index in [9.17, 15) is 4.79 Å². The number of para-hydroxylation sites is 1. The van der Waals surface area contributed by atoms with E-state index in [0.29, 0.717) is 23.8 Å². The van der Waals surface area contributed by atoms with Crippen LogP contribution in [-0.2, 0) is 4.79 Å². The number of alkyl halides is 2. The number of hydrogen-bond acceptors (Lipinski definition) is 4. The zero-order valence-electron chi connectivity index (χ0n) is 14.9. The van der Waals surface area contributed by atoms with Crippen molar-refractivity contribution < 1.29 is 9.53 Å². The molecule has 4 rings (SSSR count). The van der Waals surface area contributed by atoms with Crippen molar-refractivity contribution in [1.82, 2.24) is 4.98 Å². The lowest BCUT2D eigenvalue weighted by Crippen LogP contribution is -2.34. The van der Waals surface area contributed by atoms with Crippen molar-refractivity contribution in [2.45, 2.75) is 24.6 Å². The molecule has 0 aliphatic heterocycles. The van der Waals surface area contributed by atoms with Crippen LogP contribution in [0.25, 0.3) is 10.2 Å². The van der Waals surface area contributed by atoms with Crippen LogP contribution >= 0.6 is 34.5 Å². The zero-order chi connectivity index (χ0) is 19.2. The Morgan fingerprint density at radius 2 is 1.89 bits per heavy atom. The molecule has 0 spiro atoms. The van der Waals surface area contributed by atoms with Crippen LogP contribution in [0, 0.1) is 5.41 Å². The molecule has 1 unspecified atom stereocenters. The molecular formula is C20H18Cl2N2O2S. The molecule has 3 aromatic rings. The van der Waals surface area contributed by atoms with Crippen LogP contribution in [0.1, 0.15) is 20.3 Å². The van der Waals surface area contributed by atoms with Crippen LogP contribution < -0.4 is 9.64 Å². The number of anilines is 2. The summed E-state index contributed by atoms with van der Waals surface area (Å²) in [7, 11) is 0. The lowest BCUT2D eigenvalue weighted by Gasteiger charge is -2.24. The quantitative estimate of drug-likeness (QED) is 0.479. The van der Waals surface area contributed by atoms with E-state index in [2.05, 4.69) is 4.98 Å². The molecule has 0 bridgehead atoms. The summed E-state index contributed by atoms with van der Waals surface area (Å²) in [6.07, 6.45) is 0.417. The van der Waals surface area contributed by atoms with Crippen molar-refractivity contribution in [2.24, 2.45) is 5.41 Å². The fraction of sp³-hybridized carbons (Fsp3) is 0.300. The van der Waals surface area contributed by atoms with Crippen molar-refractivity contribution >= 4 is 61.5 Å². The molecule has 1 aromatic heterocycles. The second-order valence-corrected chi connectivity index (χ2v) is 9.24. The van der Waals surface area contributed by atoms with Gasteiger partial charge in [0.25, 0.3) is 0 Å². The maximum absolute atomic E-state index is 13.4. The number of halogens is 2. The van der Waals surface area contributed by atoms with E-state index in [1.54, 1.807) is 11.8 Å². The monoisotopic (exact) mass is 420 g/mol. The van der Waals surface area contributed by atoms with Gasteiger partial charge in [0.1, 0.15) is 10.1 Å². The third-order valence-electron chi connectivity index (χ3n) is 4.81. The van der Waals surface area contributed by atoms with Gasteiger partial charge in [-0.25, -0.2) is 4.98 Å². The maximum Gasteiger partial charge on any atom is 0.242 e. The molecule has 140 valence electrons. The van der Waals surface area contributed by atoms with Crippen molar-refractivity contribution in [1.29, 1.82) is 0 Å². The van der Waals surface area contributed by atoms with Gasteiger partial charge in [-0.15, -0.1) is 23.2 Å². The van der Waals surface area contributed by atoms with Crippen LogP contribution in [0.15, 0.2) is 48.5 Å². The lowest BCUT2D eigenvalue weighted by atomic mass is 10.1. The van der Waals surface area contributed by atoms with Crippen LogP contribution in [0.4, 0.5) is 10.8 Å². The van der Waals surface area contributed by atoms with Gasteiger partial charge in [0.2, 0.25) is 5.91 Å². The summed E-state index contributed by atoms with van der Waals surface area (Å²) in [5.41, 5.74) is 0.719. The number of rotatable bonds is 5. The van der Waals surface area contributed by atoms with E-state index in [0.717, 1.165) is 16.0 Å². The Bertz CT molecular complexity index is 970.